The summed E-state index contributed by atoms with van der Waals surface area (Å²) in [4.78, 5) is 2.42. The van der Waals surface area contributed by atoms with E-state index in [0.29, 0.717) is 26.1 Å². The van der Waals surface area contributed by atoms with Crippen LogP contribution < -0.4 is 4.72 Å². The van der Waals surface area contributed by atoms with Crippen molar-refractivity contribution in [2.75, 3.05) is 13.2 Å². The van der Waals surface area contributed by atoms with Gasteiger partial charge in [0, 0.05) is 23.0 Å². The lowest BCUT2D eigenvalue weighted by Gasteiger charge is -2.24. The van der Waals surface area contributed by atoms with Crippen LogP contribution in [0.25, 0.3) is 0 Å². The van der Waals surface area contributed by atoms with Crippen LogP contribution in [-0.2, 0) is 21.2 Å². The van der Waals surface area contributed by atoms with Gasteiger partial charge in [0.25, 0.3) is 0 Å². The number of ether oxygens (including phenoxy) is 1. The molecule has 1 aromatic rings. The maximum absolute atomic E-state index is 12.4. The zero-order chi connectivity index (χ0) is 14.8. The minimum atomic E-state index is -3.26. The van der Waals surface area contributed by atoms with E-state index in [1.54, 1.807) is 11.3 Å². The molecule has 1 unspecified atom stereocenters. The van der Waals surface area contributed by atoms with Gasteiger partial charge in [-0.05, 0) is 44.7 Å². The Morgan fingerprint density at radius 3 is 2.65 bits per heavy atom. The van der Waals surface area contributed by atoms with Crippen LogP contribution in [0.4, 0.5) is 0 Å². The molecule has 0 saturated carbocycles. The molecule has 0 spiro atoms. The van der Waals surface area contributed by atoms with Crippen molar-refractivity contribution in [3.05, 3.63) is 21.4 Å². The molecular weight excluding hydrogens is 294 g/mol. The molecule has 1 fully saturated rings. The van der Waals surface area contributed by atoms with Gasteiger partial charge in [-0.3, -0.25) is 0 Å². The number of rotatable bonds is 5. The first kappa shape index (κ1) is 15.9. The topological polar surface area (TPSA) is 55.4 Å². The Morgan fingerprint density at radius 1 is 1.45 bits per heavy atom. The SMILES string of the molecule is CCc1sc(C(C)NS(=O)(=O)C2CCOCC2)cc1C. The van der Waals surface area contributed by atoms with Gasteiger partial charge in [-0.25, -0.2) is 13.1 Å². The molecule has 0 amide bonds. The van der Waals surface area contributed by atoms with Crippen LogP contribution in [0.1, 0.15) is 48.0 Å². The lowest BCUT2D eigenvalue weighted by atomic mass is 10.2. The molecule has 0 aliphatic carbocycles. The van der Waals surface area contributed by atoms with E-state index in [0.717, 1.165) is 11.3 Å². The molecule has 1 N–H and O–H groups in total. The van der Waals surface area contributed by atoms with Crippen molar-refractivity contribution in [3.8, 4) is 0 Å². The third-order valence-electron chi connectivity index (χ3n) is 3.74. The van der Waals surface area contributed by atoms with E-state index in [-0.39, 0.29) is 11.3 Å². The van der Waals surface area contributed by atoms with Crippen molar-refractivity contribution in [1.29, 1.82) is 0 Å². The second-order valence-corrected chi connectivity index (χ2v) is 8.47. The maximum Gasteiger partial charge on any atom is 0.215 e. The number of sulfonamides is 1. The van der Waals surface area contributed by atoms with E-state index < -0.39 is 10.0 Å². The van der Waals surface area contributed by atoms with Gasteiger partial charge in [0.2, 0.25) is 10.0 Å². The fraction of sp³-hybridized carbons (Fsp3) is 0.714. The molecule has 2 heterocycles. The van der Waals surface area contributed by atoms with Gasteiger partial charge >= 0.3 is 0 Å². The number of hydrogen-bond donors (Lipinski definition) is 1. The summed E-state index contributed by atoms with van der Waals surface area (Å²) in [6, 6.07) is 1.94. The van der Waals surface area contributed by atoms with E-state index in [1.807, 2.05) is 6.92 Å². The van der Waals surface area contributed by atoms with Gasteiger partial charge in [0.05, 0.1) is 11.3 Å². The molecule has 1 aliphatic heterocycles. The predicted molar refractivity (Wildman–Crippen MR) is 82.7 cm³/mol. The Balaban J connectivity index is 2.07. The molecule has 1 aromatic heterocycles. The smallest absolute Gasteiger partial charge is 0.215 e. The highest BCUT2D eigenvalue weighted by molar-refractivity contribution is 7.90. The summed E-state index contributed by atoms with van der Waals surface area (Å²) in [5, 5.41) is -0.314. The van der Waals surface area contributed by atoms with Crippen LogP contribution in [0, 0.1) is 6.92 Å². The normalized spacial score (nSPS) is 19.1. The van der Waals surface area contributed by atoms with E-state index in [2.05, 4.69) is 24.6 Å². The Hall–Kier alpha value is -0.430. The van der Waals surface area contributed by atoms with E-state index in [9.17, 15) is 8.42 Å². The first-order valence-corrected chi connectivity index (χ1v) is 9.48. The van der Waals surface area contributed by atoms with Crippen molar-refractivity contribution >= 4 is 21.4 Å². The molecule has 4 nitrogen and oxygen atoms in total. The number of aryl methyl sites for hydroxylation is 2. The zero-order valence-electron chi connectivity index (χ0n) is 12.3. The molecule has 0 radical (unpaired) electrons. The highest BCUT2D eigenvalue weighted by Crippen LogP contribution is 2.28. The quantitative estimate of drug-likeness (QED) is 0.908. The summed E-state index contributed by atoms with van der Waals surface area (Å²) in [6.45, 7) is 7.20. The third kappa shape index (κ3) is 3.61. The van der Waals surface area contributed by atoms with Gasteiger partial charge < -0.3 is 4.74 Å². The molecule has 0 bridgehead atoms. The zero-order valence-corrected chi connectivity index (χ0v) is 13.9. The van der Waals surface area contributed by atoms with Gasteiger partial charge in [-0.2, -0.15) is 0 Å². The highest BCUT2D eigenvalue weighted by Gasteiger charge is 2.29. The van der Waals surface area contributed by atoms with E-state index in [1.165, 1.54) is 10.4 Å². The Labute approximate surface area is 125 Å². The van der Waals surface area contributed by atoms with Crippen LogP contribution >= 0.6 is 11.3 Å². The van der Waals surface area contributed by atoms with Gasteiger partial charge in [-0.1, -0.05) is 6.92 Å². The fourth-order valence-corrected chi connectivity index (χ4v) is 5.32. The van der Waals surface area contributed by atoms with Crippen molar-refractivity contribution in [2.24, 2.45) is 0 Å². The summed E-state index contributed by atoms with van der Waals surface area (Å²) in [6.07, 6.45) is 2.17. The van der Waals surface area contributed by atoms with Crippen LogP contribution in [-0.4, -0.2) is 26.9 Å². The molecule has 6 heteroatoms. The number of thiophene rings is 1. The summed E-state index contributed by atoms with van der Waals surface area (Å²) in [5.74, 6) is 0. The third-order valence-corrected chi connectivity index (χ3v) is 7.33. The Kier molecular flexibility index (Phi) is 5.23. The summed E-state index contributed by atoms with van der Waals surface area (Å²) in [5.41, 5.74) is 1.25. The second kappa shape index (κ2) is 6.56. The second-order valence-electron chi connectivity index (χ2n) is 5.30. The Bertz CT molecular complexity index is 545. The largest absolute Gasteiger partial charge is 0.381 e. The summed E-state index contributed by atoms with van der Waals surface area (Å²) < 4.78 is 32.8. The van der Waals surface area contributed by atoms with Crippen LogP contribution in [0.3, 0.4) is 0 Å². The average molecular weight is 317 g/mol. The van der Waals surface area contributed by atoms with Crippen LogP contribution in [0.2, 0.25) is 0 Å². The standard InChI is InChI=1S/C14H23NO3S2/c1-4-13-10(2)9-14(19-13)11(3)15-20(16,17)12-5-7-18-8-6-12/h9,11-12,15H,4-8H2,1-3H3. The monoisotopic (exact) mass is 317 g/mol. The lowest BCUT2D eigenvalue weighted by molar-refractivity contribution is 0.0981. The van der Waals surface area contributed by atoms with Crippen molar-refractivity contribution in [1.82, 2.24) is 4.72 Å². The average Bonchev–Trinajstić information content (AvgIpc) is 2.81. The maximum atomic E-state index is 12.4. The molecular formula is C14H23NO3S2. The first-order chi connectivity index (χ1) is 9.44. The van der Waals surface area contributed by atoms with Crippen LogP contribution in [0.5, 0.6) is 0 Å². The van der Waals surface area contributed by atoms with Gasteiger partial charge in [-0.15, -0.1) is 11.3 Å². The predicted octanol–water partition coefficient (Wildman–Crippen LogP) is 2.78. The molecule has 20 heavy (non-hydrogen) atoms. The molecule has 1 atom stereocenters. The number of hydrogen-bond acceptors (Lipinski definition) is 4. The molecule has 0 aromatic carbocycles. The first-order valence-electron chi connectivity index (χ1n) is 7.12. The lowest BCUT2D eigenvalue weighted by Crippen LogP contribution is -2.39. The van der Waals surface area contributed by atoms with Crippen LogP contribution in [0.15, 0.2) is 6.07 Å². The molecule has 114 valence electrons. The Morgan fingerprint density at radius 2 is 2.10 bits per heavy atom. The molecule has 1 aliphatic rings. The van der Waals surface area contributed by atoms with Crippen molar-refractivity contribution < 1.29 is 13.2 Å². The highest BCUT2D eigenvalue weighted by atomic mass is 32.2. The molecule has 1 saturated heterocycles. The minimum Gasteiger partial charge on any atom is -0.381 e. The van der Waals surface area contributed by atoms with Crippen molar-refractivity contribution in [3.63, 3.8) is 0 Å². The van der Waals surface area contributed by atoms with Gasteiger partial charge in [0.1, 0.15) is 0 Å². The van der Waals surface area contributed by atoms with Crippen molar-refractivity contribution in [2.45, 2.75) is 51.3 Å². The fourth-order valence-electron chi connectivity index (χ4n) is 2.50. The van der Waals surface area contributed by atoms with Gasteiger partial charge in [0.15, 0.2) is 0 Å². The summed E-state index contributed by atoms with van der Waals surface area (Å²) in [7, 11) is -3.26. The summed E-state index contributed by atoms with van der Waals surface area (Å²) >= 11 is 1.70. The minimum absolute atomic E-state index is 0.160. The number of nitrogens with one attached hydrogen (secondary N) is 1. The van der Waals surface area contributed by atoms with E-state index in [4.69, 9.17) is 4.74 Å². The molecule has 2 rings (SSSR count). The van der Waals surface area contributed by atoms with E-state index >= 15 is 0 Å².